The van der Waals surface area contributed by atoms with Crippen LogP contribution < -0.4 is 0 Å². The molecule has 1 aromatic heterocycles. The van der Waals surface area contributed by atoms with Gasteiger partial charge in [0.25, 0.3) is 5.91 Å². The molecule has 0 bridgehead atoms. The van der Waals surface area contributed by atoms with Gasteiger partial charge < -0.3 is 9.80 Å². The molecule has 0 atom stereocenters. The Balaban J connectivity index is 1.89. The molecule has 1 fully saturated rings. The number of nitrogens with zero attached hydrogens (tertiary/aromatic N) is 4. The number of rotatable bonds is 4. The first-order valence-electron chi connectivity index (χ1n) is 6.65. The zero-order valence-corrected chi connectivity index (χ0v) is 11.1. The van der Waals surface area contributed by atoms with Gasteiger partial charge in [0, 0.05) is 19.1 Å². The lowest BCUT2D eigenvalue weighted by atomic mass is 10.0. The largest absolute Gasteiger partial charge is 0.337 e. The van der Waals surface area contributed by atoms with Crippen LogP contribution in [-0.2, 0) is 0 Å². The standard InChI is InChI=1S/C12H21N5O/c1-3-16(4-2)10-5-7-17(8-6-10)12(18)11-9-13-15-14-11/h9-10H,3-8H2,1-2H3,(H,13,14,15). The predicted octanol–water partition coefficient (Wildman–Crippen LogP) is 0.751. The molecule has 1 aliphatic heterocycles. The molecule has 1 amide bonds. The van der Waals surface area contributed by atoms with Crippen molar-refractivity contribution < 1.29 is 4.79 Å². The van der Waals surface area contributed by atoms with E-state index in [1.807, 2.05) is 4.90 Å². The van der Waals surface area contributed by atoms with Crippen molar-refractivity contribution in [2.24, 2.45) is 0 Å². The third-order valence-corrected chi connectivity index (χ3v) is 3.71. The molecule has 0 radical (unpaired) electrons. The number of aromatic nitrogens is 3. The van der Waals surface area contributed by atoms with Gasteiger partial charge in [0.15, 0.2) is 5.69 Å². The summed E-state index contributed by atoms with van der Waals surface area (Å²) in [6.45, 7) is 8.17. The molecule has 6 nitrogen and oxygen atoms in total. The first-order chi connectivity index (χ1) is 8.76. The number of carbonyl (C=O) groups is 1. The van der Waals surface area contributed by atoms with Gasteiger partial charge in [-0.1, -0.05) is 13.8 Å². The van der Waals surface area contributed by atoms with Gasteiger partial charge in [-0.05, 0) is 25.9 Å². The van der Waals surface area contributed by atoms with E-state index in [1.54, 1.807) is 0 Å². The van der Waals surface area contributed by atoms with Crippen LogP contribution in [-0.4, -0.2) is 63.3 Å². The van der Waals surface area contributed by atoms with Crippen LogP contribution in [0.3, 0.4) is 0 Å². The summed E-state index contributed by atoms with van der Waals surface area (Å²) in [5.74, 6) is -0.0123. The van der Waals surface area contributed by atoms with Crippen molar-refractivity contribution in [1.82, 2.24) is 25.2 Å². The Morgan fingerprint density at radius 3 is 2.61 bits per heavy atom. The molecule has 1 aromatic rings. The van der Waals surface area contributed by atoms with E-state index in [2.05, 4.69) is 34.2 Å². The molecular formula is C12H21N5O. The summed E-state index contributed by atoms with van der Waals surface area (Å²) in [6, 6.07) is 0.612. The Labute approximate surface area is 107 Å². The van der Waals surface area contributed by atoms with Crippen molar-refractivity contribution in [3.63, 3.8) is 0 Å². The fourth-order valence-corrected chi connectivity index (χ4v) is 2.64. The number of H-pyrrole nitrogens is 1. The maximum absolute atomic E-state index is 12.1. The first kappa shape index (κ1) is 13.0. The highest BCUT2D eigenvalue weighted by atomic mass is 16.2. The average molecular weight is 251 g/mol. The van der Waals surface area contributed by atoms with Gasteiger partial charge in [-0.15, -0.1) is 0 Å². The molecule has 0 saturated carbocycles. The van der Waals surface area contributed by atoms with E-state index in [0.29, 0.717) is 11.7 Å². The summed E-state index contributed by atoms with van der Waals surface area (Å²) in [5, 5.41) is 10.00. The summed E-state index contributed by atoms with van der Waals surface area (Å²) in [7, 11) is 0. The van der Waals surface area contributed by atoms with Crippen LogP contribution in [0.5, 0.6) is 0 Å². The number of hydrogen-bond donors (Lipinski definition) is 1. The Hall–Kier alpha value is -1.43. The normalized spacial score (nSPS) is 17.4. The van der Waals surface area contributed by atoms with E-state index in [9.17, 15) is 4.79 Å². The summed E-state index contributed by atoms with van der Waals surface area (Å²) >= 11 is 0. The molecule has 1 aliphatic rings. The van der Waals surface area contributed by atoms with Gasteiger partial charge in [-0.2, -0.15) is 15.4 Å². The fraction of sp³-hybridized carbons (Fsp3) is 0.750. The Kier molecular flexibility index (Phi) is 4.30. The molecule has 1 saturated heterocycles. The lowest BCUT2D eigenvalue weighted by Crippen LogP contribution is -2.46. The summed E-state index contributed by atoms with van der Waals surface area (Å²) in [5.41, 5.74) is 0.413. The number of amides is 1. The first-order valence-corrected chi connectivity index (χ1v) is 6.65. The minimum atomic E-state index is -0.0123. The summed E-state index contributed by atoms with van der Waals surface area (Å²) in [4.78, 5) is 16.4. The van der Waals surface area contributed by atoms with Crippen molar-refractivity contribution in [2.45, 2.75) is 32.7 Å². The van der Waals surface area contributed by atoms with Gasteiger partial charge >= 0.3 is 0 Å². The van der Waals surface area contributed by atoms with E-state index in [-0.39, 0.29) is 5.91 Å². The maximum Gasteiger partial charge on any atom is 0.276 e. The third kappa shape index (κ3) is 2.69. The highest BCUT2D eigenvalue weighted by Gasteiger charge is 2.26. The zero-order chi connectivity index (χ0) is 13.0. The molecular weight excluding hydrogens is 230 g/mol. The molecule has 0 unspecified atom stereocenters. The molecule has 100 valence electrons. The van der Waals surface area contributed by atoms with Crippen LogP contribution in [0.25, 0.3) is 0 Å². The smallest absolute Gasteiger partial charge is 0.276 e. The molecule has 0 aromatic carbocycles. The van der Waals surface area contributed by atoms with Gasteiger partial charge in [-0.3, -0.25) is 4.79 Å². The maximum atomic E-state index is 12.1. The van der Waals surface area contributed by atoms with E-state index in [1.165, 1.54) is 6.20 Å². The van der Waals surface area contributed by atoms with Crippen LogP contribution in [0, 0.1) is 0 Å². The SMILES string of the molecule is CCN(CC)C1CCN(C(=O)c2cn[nH]n2)CC1. The van der Waals surface area contributed by atoms with Gasteiger partial charge in [0.1, 0.15) is 0 Å². The minimum absolute atomic E-state index is 0.0123. The third-order valence-electron chi connectivity index (χ3n) is 3.71. The van der Waals surface area contributed by atoms with E-state index < -0.39 is 0 Å². The Morgan fingerprint density at radius 2 is 2.11 bits per heavy atom. The van der Waals surface area contributed by atoms with E-state index in [4.69, 9.17) is 0 Å². The van der Waals surface area contributed by atoms with Crippen molar-refractivity contribution in [2.75, 3.05) is 26.2 Å². The number of likely N-dealkylation sites (tertiary alicyclic amines) is 1. The number of carbonyl (C=O) groups excluding carboxylic acids is 1. The lowest BCUT2D eigenvalue weighted by molar-refractivity contribution is 0.0626. The lowest BCUT2D eigenvalue weighted by Gasteiger charge is -2.37. The fourth-order valence-electron chi connectivity index (χ4n) is 2.64. The number of aromatic amines is 1. The van der Waals surface area contributed by atoms with Crippen molar-refractivity contribution in [3.8, 4) is 0 Å². The molecule has 6 heteroatoms. The average Bonchev–Trinajstić information content (AvgIpc) is 2.94. The monoisotopic (exact) mass is 251 g/mol. The summed E-state index contributed by atoms with van der Waals surface area (Å²) in [6.07, 6.45) is 3.58. The second kappa shape index (κ2) is 5.95. The zero-order valence-electron chi connectivity index (χ0n) is 11.1. The molecule has 2 heterocycles. The second-order valence-electron chi connectivity index (χ2n) is 4.60. The molecule has 18 heavy (non-hydrogen) atoms. The van der Waals surface area contributed by atoms with Crippen LogP contribution in [0.15, 0.2) is 6.20 Å². The van der Waals surface area contributed by atoms with Crippen LogP contribution >= 0.6 is 0 Å². The Morgan fingerprint density at radius 1 is 1.44 bits per heavy atom. The molecule has 2 rings (SSSR count). The van der Waals surface area contributed by atoms with Crippen LogP contribution in [0.4, 0.5) is 0 Å². The van der Waals surface area contributed by atoms with Gasteiger partial charge in [0.05, 0.1) is 6.20 Å². The van der Waals surface area contributed by atoms with Gasteiger partial charge in [-0.25, -0.2) is 0 Å². The van der Waals surface area contributed by atoms with Crippen LogP contribution in [0.1, 0.15) is 37.2 Å². The van der Waals surface area contributed by atoms with E-state index >= 15 is 0 Å². The van der Waals surface area contributed by atoms with E-state index in [0.717, 1.165) is 39.0 Å². The van der Waals surface area contributed by atoms with Crippen molar-refractivity contribution in [3.05, 3.63) is 11.9 Å². The summed E-state index contributed by atoms with van der Waals surface area (Å²) < 4.78 is 0. The minimum Gasteiger partial charge on any atom is -0.337 e. The predicted molar refractivity (Wildman–Crippen MR) is 68.2 cm³/mol. The number of nitrogens with one attached hydrogen (secondary N) is 1. The topological polar surface area (TPSA) is 65.1 Å². The Bertz CT molecular complexity index is 366. The highest BCUT2D eigenvalue weighted by Crippen LogP contribution is 2.17. The number of piperidine rings is 1. The second-order valence-corrected chi connectivity index (χ2v) is 4.60. The highest BCUT2D eigenvalue weighted by molar-refractivity contribution is 5.91. The quantitative estimate of drug-likeness (QED) is 0.857. The molecule has 1 N–H and O–H groups in total. The molecule has 0 spiro atoms. The van der Waals surface area contributed by atoms with Gasteiger partial charge in [0.2, 0.25) is 0 Å². The van der Waals surface area contributed by atoms with Crippen molar-refractivity contribution in [1.29, 1.82) is 0 Å². The molecule has 0 aliphatic carbocycles. The number of hydrogen-bond acceptors (Lipinski definition) is 4. The van der Waals surface area contributed by atoms with Crippen LogP contribution in [0.2, 0.25) is 0 Å². The van der Waals surface area contributed by atoms with Crippen molar-refractivity contribution >= 4 is 5.91 Å².